The van der Waals surface area contributed by atoms with Crippen LogP contribution in [-0.4, -0.2) is 43.7 Å². The maximum atomic E-state index is 11.4. The van der Waals surface area contributed by atoms with E-state index in [4.69, 9.17) is 14.2 Å². The van der Waals surface area contributed by atoms with Crippen LogP contribution in [0.5, 0.6) is 11.5 Å². The highest BCUT2D eigenvalue weighted by Crippen LogP contribution is 2.29. The molecule has 6 nitrogen and oxygen atoms in total. The molecule has 0 aliphatic carbocycles. The van der Waals surface area contributed by atoms with Crippen molar-refractivity contribution in [1.82, 2.24) is 5.01 Å². The molecule has 19 heavy (non-hydrogen) atoms. The first kappa shape index (κ1) is 11.8. The molecular formula is C13H14N2O4. The number of nitrogens with zero attached hydrogens (tertiary/aromatic N) is 2. The van der Waals surface area contributed by atoms with Gasteiger partial charge in [0.25, 0.3) is 0 Å². The van der Waals surface area contributed by atoms with Crippen molar-refractivity contribution < 1.29 is 19.0 Å². The summed E-state index contributed by atoms with van der Waals surface area (Å²) in [4.78, 5) is 11.4. The predicted molar refractivity (Wildman–Crippen MR) is 67.7 cm³/mol. The first-order valence-electron chi connectivity index (χ1n) is 6.11. The quantitative estimate of drug-likeness (QED) is 0.812. The number of carbonyl (C=O) groups is 1. The number of amides is 1. The fraction of sp³-hybridized carbons (Fsp3) is 0.385. The van der Waals surface area contributed by atoms with Crippen LogP contribution in [0.4, 0.5) is 4.79 Å². The third-order valence-corrected chi connectivity index (χ3v) is 3.07. The summed E-state index contributed by atoms with van der Waals surface area (Å²) in [5, 5.41) is 5.72. The molecule has 6 heteroatoms. The van der Waals surface area contributed by atoms with Crippen LogP contribution in [0, 0.1) is 0 Å². The summed E-state index contributed by atoms with van der Waals surface area (Å²) in [6, 6.07) is 5.56. The molecule has 3 rings (SSSR count). The molecule has 0 aromatic heterocycles. The van der Waals surface area contributed by atoms with E-state index < -0.39 is 6.09 Å². The molecule has 1 amide bonds. The van der Waals surface area contributed by atoms with E-state index in [1.807, 2.05) is 18.2 Å². The van der Waals surface area contributed by atoms with E-state index >= 15 is 0 Å². The second-order valence-corrected chi connectivity index (χ2v) is 4.24. The molecule has 0 saturated carbocycles. The molecule has 2 aliphatic heterocycles. The molecule has 1 aromatic rings. The van der Waals surface area contributed by atoms with Crippen molar-refractivity contribution in [2.75, 3.05) is 26.9 Å². The van der Waals surface area contributed by atoms with Gasteiger partial charge in [0.1, 0.15) is 18.1 Å². The molecule has 0 N–H and O–H groups in total. The standard InChI is InChI=1S/C13H14N2O4/c1-17-9-2-3-12-10(8-9)11(4-6-18-12)14-15-5-7-19-13(15)16/h2-3,8H,4-7H2,1H3/b14-11+. The summed E-state index contributed by atoms with van der Waals surface area (Å²) in [7, 11) is 1.61. The molecule has 0 unspecified atom stereocenters. The average molecular weight is 262 g/mol. The van der Waals surface area contributed by atoms with Gasteiger partial charge in [-0.15, -0.1) is 0 Å². The van der Waals surface area contributed by atoms with Crippen molar-refractivity contribution in [1.29, 1.82) is 0 Å². The zero-order valence-electron chi connectivity index (χ0n) is 10.6. The molecule has 2 aliphatic rings. The second-order valence-electron chi connectivity index (χ2n) is 4.24. The van der Waals surface area contributed by atoms with E-state index in [0.717, 1.165) is 22.8 Å². The monoisotopic (exact) mass is 262 g/mol. The second kappa shape index (κ2) is 4.79. The average Bonchev–Trinajstić information content (AvgIpc) is 2.84. The van der Waals surface area contributed by atoms with Gasteiger partial charge >= 0.3 is 6.09 Å². The lowest BCUT2D eigenvalue weighted by atomic mass is 10.0. The van der Waals surface area contributed by atoms with E-state index in [9.17, 15) is 4.79 Å². The molecule has 2 heterocycles. The molecule has 0 spiro atoms. The minimum atomic E-state index is -0.400. The van der Waals surface area contributed by atoms with Crippen molar-refractivity contribution in [3.05, 3.63) is 23.8 Å². The Balaban J connectivity index is 1.96. The van der Waals surface area contributed by atoms with Crippen molar-refractivity contribution in [2.24, 2.45) is 5.10 Å². The molecular weight excluding hydrogens is 248 g/mol. The normalized spacial score (nSPS) is 19.9. The van der Waals surface area contributed by atoms with Crippen LogP contribution in [0.2, 0.25) is 0 Å². The number of hydrazone groups is 1. The van der Waals surface area contributed by atoms with Crippen molar-refractivity contribution in [2.45, 2.75) is 6.42 Å². The van der Waals surface area contributed by atoms with Gasteiger partial charge in [-0.2, -0.15) is 10.1 Å². The summed E-state index contributed by atoms with van der Waals surface area (Å²) in [6.07, 6.45) is 0.257. The van der Waals surface area contributed by atoms with Gasteiger partial charge in [-0.3, -0.25) is 0 Å². The lowest BCUT2D eigenvalue weighted by Gasteiger charge is -2.20. The van der Waals surface area contributed by atoms with Crippen LogP contribution in [-0.2, 0) is 4.74 Å². The van der Waals surface area contributed by atoms with E-state index in [2.05, 4.69) is 5.10 Å². The maximum absolute atomic E-state index is 11.4. The fourth-order valence-corrected chi connectivity index (χ4v) is 2.11. The Morgan fingerprint density at radius 3 is 2.95 bits per heavy atom. The van der Waals surface area contributed by atoms with E-state index in [1.165, 1.54) is 5.01 Å². The molecule has 1 aromatic carbocycles. The third kappa shape index (κ3) is 2.21. The largest absolute Gasteiger partial charge is 0.497 e. The molecule has 100 valence electrons. The number of hydrogen-bond acceptors (Lipinski definition) is 5. The summed E-state index contributed by atoms with van der Waals surface area (Å²) in [5.41, 5.74) is 1.68. The van der Waals surface area contributed by atoms with Crippen molar-refractivity contribution in [3.63, 3.8) is 0 Å². The minimum Gasteiger partial charge on any atom is -0.497 e. The van der Waals surface area contributed by atoms with E-state index in [-0.39, 0.29) is 0 Å². The number of hydrogen-bond donors (Lipinski definition) is 0. The van der Waals surface area contributed by atoms with Crippen LogP contribution >= 0.6 is 0 Å². The third-order valence-electron chi connectivity index (χ3n) is 3.07. The fourth-order valence-electron chi connectivity index (χ4n) is 2.11. The predicted octanol–water partition coefficient (Wildman–Crippen LogP) is 1.63. The molecule has 1 saturated heterocycles. The van der Waals surface area contributed by atoms with Gasteiger partial charge in [0, 0.05) is 12.0 Å². The number of fused-ring (bicyclic) bond motifs is 1. The number of carbonyl (C=O) groups excluding carboxylic acids is 1. The number of methoxy groups -OCH3 is 1. The Morgan fingerprint density at radius 2 is 2.21 bits per heavy atom. The SMILES string of the molecule is COc1ccc2c(c1)/C(=N/N1CCOC1=O)CCO2. The van der Waals surface area contributed by atoms with Gasteiger partial charge < -0.3 is 14.2 Å². The summed E-state index contributed by atoms with van der Waals surface area (Å²) in [6.45, 7) is 1.43. The highest BCUT2D eigenvalue weighted by Gasteiger charge is 2.25. The topological polar surface area (TPSA) is 60.4 Å². The smallest absolute Gasteiger partial charge is 0.430 e. The highest BCUT2D eigenvalue weighted by atomic mass is 16.6. The Labute approximate surface area is 110 Å². The Hall–Kier alpha value is -2.24. The lowest BCUT2D eigenvalue weighted by molar-refractivity contribution is 0.159. The van der Waals surface area contributed by atoms with Crippen LogP contribution in [0.25, 0.3) is 0 Å². The summed E-state index contributed by atoms with van der Waals surface area (Å²) >= 11 is 0. The number of ether oxygens (including phenoxy) is 3. The Kier molecular flexibility index (Phi) is 2.98. The van der Waals surface area contributed by atoms with Gasteiger partial charge in [-0.05, 0) is 18.2 Å². The zero-order chi connectivity index (χ0) is 13.2. The molecule has 0 radical (unpaired) electrons. The van der Waals surface area contributed by atoms with Gasteiger partial charge in [-0.25, -0.2) is 4.79 Å². The molecule has 0 bridgehead atoms. The molecule has 0 atom stereocenters. The maximum Gasteiger partial charge on any atom is 0.430 e. The minimum absolute atomic E-state index is 0.386. The number of benzene rings is 1. The van der Waals surface area contributed by atoms with Crippen LogP contribution in [0.15, 0.2) is 23.3 Å². The van der Waals surface area contributed by atoms with Crippen LogP contribution in [0.1, 0.15) is 12.0 Å². The molecule has 1 fully saturated rings. The van der Waals surface area contributed by atoms with Gasteiger partial charge in [0.15, 0.2) is 0 Å². The zero-order valence-corrected chi connectivity index (χ0v) is 10.6. The van der Waals surface area contributed by atoms with Crippen molar-refractivity contribution >= 4 is 11.8 Å². The number of cyclic esters (lactones) is 1. The van der Waals surface area contributed by atoms with Crippen LogP contribution < -0.4 is 9.47 Å². The number of rotatable bonds is 2. The van der Waals surface area contributed by atoms with E-state index in [1.54, 1.807) is 7.11 Å². The summed E-state index contributed by atoms with van der Waals surface area (Å²) in [5.74, 6) is 1.50. The Morgan fingerprint density at radius 1 is 1.32 bits per heavy atom. The first-order chi connectivity index (χ1) is 9.28. The highest BCUT2D eigenvalue weighted by molar-refractivity contribution is 6.04. The van der Waals surface area contributed by atoms with Crippen molar-refractivity contribution in [3.8, 4) is 11.5 Å². The van der Waals surface area contributed by atoms with Gasteiger partial charge in [0.2, 0.25) is 0 Å². The first-order valence-corrected chi connectivity index (χ1v) is 6.11. The van der Waals surface area contributed by atoms with E-state index in [0.29, 0.717) is 26.2 Å². The lowest BCUT2D eigenvalue weighted by Crippen LogP contribution is -2.24. The van der Waals surface area contributed by atoms with Gasteiger partial charge in [0.05, 0.1) is 26.0 Å². The van der Waals surface area contributed by atoms with Crippen LogP contribution in [0.3, 0.4) is 0 Å². The van der Waals surface area contributed by atoms with Gasteiger partial charge in [-0.1, -0.05) is 0 Å². The summed E-state index contributed by atoms with van der Waals surface area (Å²) < 4.78 is 15.6. The Bertz CT molecular complexity index is 541.